The molecule has 0 unspecified atom stereocenters. The van der Waals surface area contributed by atoms with Crippen molar-refractivity contribution in [1.29, 1.82) is 0 Å². The van der Waals surface area contributed by atoms with Gasteiger partial charge in [0.25, 0.3) is 5.91 Å². The highest BCUT2D eigenvalue weighted by atomic mass is 32.2. The first kappa shape index (κ1) is 24.3. The van der Waals surface area contributed by atoms with E-state index in [-0.39, 0.29) is 50.1 Å². The van der Waals surface area contributed by atoms with Crippen LogP contribution in [-0.2, 0) is 14.8 Å². The second kappa shape index (κ2) is 10.2. The van der Waals surface area contributed by atoms with Crippen LogP contribution in [0.1, 0.15) is 43.5 Å². The number of rotatable bonds is 7. The topological polar surface area (TPSA) is 95.9 Å². The summed E-state index contributed by atoms with van der Waals surface area (Å²) >= 11 is 0. The molecule has 28 heavy (non-hydrogen) atoms. The molecule has 0 aromatic heterocycles. The highest BCUT2D eigenvalue weighted by Crippen LogP contribution is 2.25. The van der Waals surface area contributed by atoms with E-state index in [4.69, 9.17) is 9.94 Å². The lowest BCUT2D eigenvalue weighted by Gasteiger charge is -2.31. The maximum atomic E-state index is 12.8. The zero-order valence-corrected chi connectivity index (χ0v) is 15.2. The molecule has 0 bridgehead atoms. The van der Waals surface area contributed by atoms with Crippen molar-refractivity contribution in [3.63, 3.8) is 0 Å². The van der Waals surface area contributed by atoms with Gasteiger partial charge in [0.05, 0.1) is 16.6 Å². The Morgan fingerprint density at radius 3 is 2.43 bits per heavy atom. The number of carbonyl (C=O) groups excluding carboxylic acids is 1. The molecule has 7 nitrogen and oxygen atoms in total. The maximum Gasteiger partial charge on any atom is 0.389 e. The molecule has 0 saturated carbocycles. The predicted molar refractivity (Wildman–Crippen MR) is 95.4 cm³/mol. The number of benzene rings is 1. The highest BCUT2D eigenvalue weighted by Gasteiger charge is 2.32. The number of hydrogen-bond donors (Lipinski definition) is 2. The molecule has 1 fully saturated rings. The minimum absolute atomic E-state index is 0. The molecule has 0 atom stereocenters. The Morgan fingerprint density at radius 1 is 1.25 bits per heavy atom. The average molecular weight is 426 g/mol. The van der Waals surface area contributed by atoms with E-state index in [0.717, 1.165) is 0 Å². The second-order valence-electron chi connectivity index (χ2n) is 6.13. The van der Waals surface area contributed by atoms with E-state index in [2.05, 4.69) is 0 Å². The van der Waals surface area contributed by atoms with Gasteiger partial charge in [0.2, 0.25) is 10.0 Å². The third-order valence-electron chi connectivity index (χ3n) is 4.21. The monoisotopic (exact) mass is 426 g/mol. The molecule has 1 heterocycles. The Bertz CT molecular complexity index is 747. The Morgan fingerprint density at radius 2 is 1.86 bits per heavy atom. The summed E-state index contributed by atoms with van der Waals surface area (Å²) in [4.78, 5) is 11.5. The van der Waals surface area contributed by atoms with Crippen LogP contribution in [-0.4, -0.2) is 55.8 Å². The van der Waals surface area contributed by atoms with E-state index in [1.807, 2.05) is 0 Å². The van der Waals surface area contributed by atoms with Crippen molar-refractivity contribution in [2.75, 3.05) is 19.7 Å². The molecule has 0 radical (unpaired) electrons. The minimum Gasteiger partial charge on any atom is -0.378 e. The molecule has 2 rings (SSSR count). The standard InChI is InChI=1S/C16H21F3N2O5S.CH4/c17-16(18,19)8-3-11-26-12-6-9-21(10-7-12)27(24,25)14-5-2-1-4-13(14)15(22)20-23;/h1-2,4-5,12,23H,3,6-11H2,(H,20,22);1H4. The lowest BCUT2D eigenvalue weighted by atomic mass is 10.1. The van der Waals surface area contributed by atoms with Crippen LogP contribution in [0.25, 0.3) is 0 Å². The average Bonchev–Trinajstić information content (AvgIpc) is 2.64. The quantitative estimate of drug-likeness (QED) is 0.397. The van der Waals surface area contributed by atoms with Crippen molar-refractivity contribution < 1.29 is 36.3 Å². The van der Waals surface area contributed by atoms with E-state index in [9.17, 15) is 26.4 Å². The van der Waals surface area contributed by atoms with Gasteiger partial charge in [-0.2, -0.15) is 17.5 Å². The Hall–Kier alpha value is -1.69. The maximum absolute atomic E-state index is 12.8. The summed E-state index contributed by atoms with van der Waals surface area (Å²) in [6, 6.07) is 5.51. The van der Waals surface area contributed by atoms with Crippen molar-refractivity contribution in [3.05, 3.63) is 29.8 Å². The molecule has 1 aromatic carbocycles. The van der Waals surface area contributed by atoms with Crippen LogP contribution in [0, 0.1) is 0 Å². The number of halogens is 3. The van der Waals surface area contributed by atoms with Gasteiger partial charge in [-0.05, 0) is 31.4 Å². The van der Waals surface area contributed by atoms with Gasteiger partial charge in [0.1, 0.15) is 0 Å². The third kappa shape index (κ3) is 6.43. The predicted octanol–water partition coefficient (Wildman–Crippen LogP) is 2.95. The van der Waals surface area contributed by atoms with Gasteiger partial charge in [-0.15, -0.1) is 0 Å². The Kier molecular flexibility index (Phi) is 8.86. The normalized spacial score (nSPS) is 16.4. The molecule has 1 aliphatic rings. The van der Waals surface area contributed by atoms with Crippen molar-refractivity contribution in [2.45, 2.75) is 50.3 Å². The summed E-state index contributed by atoms with van der Waals surface area (Å²) in [5.74, 6) is -0.933. The smallest absolute Gasteiger partial charge is 0.378 e. The molecule has 0 spiro atoms. The summed E-state index contributed by atoms with van der Waals surface area (Å²) in [5, 5.41) is 8.78. The summed E-state index contributed by atoms with van der Waals surface area (Å²) in [6.45, 7) is 0.221. The lowest BCUT2D eigenvalue weighted by molar-refractivity contribution is -0.139. The van der Waals surface area contributed by atoms with Crippen LogP contribution in [0.4, 0.5) is 13.2 Å². The molecule has 0 aliphatic carbocycles. The van der Waals surface area contributed by atoms with Crippen molar-refractivity contribution >= 4 is 15.9 Å². The number of piperidine rings is 1. The van der Waals surface area contributed by atoms with Crippen molar-refractivity contribution in [2.24, 2.45) is 0 Å². The molecule has 160 valence electrons. The molecule has 1 amide bonds. The number of carbonyl (C=O) groups is 1. The Labute approximate surface area is 162 Å². The number of amides is 1. The highest BCUT2D eigenvalue weighted by molar-refractivity contribution is 7.89. The number of ether oxygens (including phenoxy) is 1. The van der Waals surface area contributed by atoms with Crippen molar-refractivity contribution in [1.82, 2.24) is 9.79 Å². The van der Waals surface area contributed by atoms with E-state index >= 15 is 0 Å². The fraction of sp³-hybridized carbons (Fsp3) is 0.588. The largest absolute Gasteiger partial charge is 0.389 e. The molecule has 1 saturated heterocycles. The van der Waals surface area contributed by atoms with E-state index in [1.54, 1.807) is 0 Å². The lowest BCUT2D eigenvalue weighted by Crippen LogP contribution is -2.41. The minimum atomic E-state index is -4.21. The van der Waals surface area contributed by atoms with Crippen LogP contribution in [0.2, 0.25) is 0 Å². The van der Waals surface area contributed by atoms with E-state index in [1.165, 1.54) is 34.1 Å². The summed E-state index contributed by atoms with van der Waals surface area (Å²) in [6.07, 6.45) is -4.87. The number of hydroxylamine groups is 1. The number of nitrogens with one attached hydrogen (secondary N) is 1. The van der Waals surface area contributed by atoms with Gasteiger partial charge in [-0.3, -0.25) is 10.0 Å². The zero-order chi connectivity index (χ0) is 20.1. The fourth-order valence-corrected chi connectivity index (χ4v) is 4.50. The molecule has 1 aliphatic heterocycles. The summed E-state index contributed by atoms with van der Waals surface area (Å²) < 4.78 is 68.5. The van der Waals surface area contributed by atoms with Crippen LogP contribution in [0.3, 0.4) is 0 Å². The number of alkyl halides is 3. The number of sulfonamides is 1. The first-order valence-electron chi connectivity index (χ1n) is 8.37. The number of hydrogen-bond acceptors (Lipinski definition) is 5. The van der Waals surface area contributed by atoms with Gasteiger partial charge in [-0.25, -0.2) is 13.9 Å². The fourth-order valence-electron chi connectivity index (χ4n) is 2.84. The first-order valence-corrected chi connectivity index (χ1v) is 9.81. The van der Waals surface area contributed by atoms with Gasteiger partial charge in [-0.1, -0.05) is 19.6 Å². The van der Waals surface area contributed by atoms with Crippen molar-refractivity contribution in [3.8, 4) is 0 Å². The van der Waals surface area contributed by atoms with Gasteiger partial charge < -0.3 is 4.74 Å². The second-order valence-corrected chi connectivity index (χ2v) is 8.04. The first-order chi connectivity index (χ1) is 12.6. The van der Waals surface area contributed by atoms with Gasteiger partial charge in [0, 0.05) is 26.1 Å². The van der Waals surface area contributed by atoms with Gasteiger partial charge in [0.15, 0.2) is 0 Å². The SMILES string of the molecule is C.O=C(NO)c1ccccc1S(=O)(=O)N1CCC(OCCCC(F)(F)F)CC1. The molecule has 11 heteroatoms. The molecular formula is C17H25F3N2O5S. The number of nitrogens with zero attached hydrogens (tertiary/aromatic N) is 1. The van der Waals surface area contributed by atoms with Crippen LogP contribution < -0.4 is 5.48 Å². The van der Waals surface area contributed by atoms with Crippen LogP contribution >= 0.6 is 0 Å². The molecular weight excluding hydrogens is 401 g/mol. The zero-order valence-electron chi connectivity index (χ0n) is 14.4. The molecule has 2 N–H and O–H groups in total. The summed E-state index contributed by atoms with van der Waals surface area (Å²) in [7, 11) is -3.96. The van der Waals surface area contributed by atoms with Gasteiger partial charge >= 0.3 is 6.18 Å². The van der Waals surface area contributed by atoms with E-state index in [0.29, 0.717) is 12.8 Å². The molecule has 1 aromatic rings. The summed E-state index contributed by atoms with van der Waals surface area (Å²) in [5.41, 5.74) is 1.25. The van der Waals surface area contributed by atoms with E-state index < -0.39 is 28.5 Å². The third-order valence-corrected chi connectivity index (χ3v) is 6.17. The van der Waals surface area contributed by atoms with Crippen LogP contribution in [0.15, 0.2) is 29.2 Å². The van der Waals surface area contributed by atoms with Crippen LogP contribution in [0.5, 0.6) is 0 Å². The Balaban J connectivity index is 0.00000392.